The second-order valence-electron chi connectivity index (χ2n) is 7.37. The summed E-state index contributed by atoms with van der Waals surface area (Å²) in [6.07, 6.45) is 9.64. The fourth-order valence-electron chi connectivity index (χ4n) is 4.20. The summed E-state index contributed by atoms with van der Waals surface area (Å²) < 4.78 is 1.26. The van der Waals surface area contributed by atoms with Crippen molar-refractivity contribution in [3.63, 3.8) is 0 Å². The van der Waals surface area contributed by atoms with Crippen LogP contribution in [0.25, 0.3) is 10.9 Å². The highest BCUT2D eigenvalue weighted by Gasteiger charge is 2.34. The van der Waals surface area contributed by atoms with Crippen LogP contribution in [0.2, 0.25) is 0 Å². The van der Waals surface area contributed by atoms with Gasteiger partial charge in [0.2, 0.25) is 0 Å². The van der Waals surface area contributed by atoms with Crippen LogP contribution < -0.4 is 10.9 Å². The molecule has 1 aromatic carbocycles. The summed E-state index contributed by atoms with van der Waals surface area (Å²) in [7, 11) is 0. The summed E-state index contributed by atoms with van der Waals surface area (Å²) in [6, 6.07) is 7.00. The zero-order chi connectivity index (χ0) is 20.0. The van der Waals surface area contributed by atoms with Crippen molar-refractivity contribution >= 4 is 28.4 Å². The van der Waals surface area contributed by atoms with E-state index in [1.165, 1.54) is 16.5 Å². The molecular formula is C22H18N4O3. The average molecular weight is 386 g/mol. The molecule has 0 fully saturated rings. The molecule has 2 aromatic rings. The van der Waals surface area contributed by atoms with E-state index in [4.69, 9.17) is 0 Å². The number of carbonyl (C=O) groups is 2. The van der Waals surface area contributed by atoms with Crippen molar-refractivity contribution in [2.24, 2.45) is 10.9 Å². The van der Waals surface area contributed by atoms with Gasteiger partial charge in [-0.2, -0.15) is 0 Å². The van der Waals surface area contributed by atoms with Crippen molar-refractivity contribution in [1.29, 1.82) is 0 Å². The number of benzene rings is 1. The molecule has 0 bridgehead atoms. The molecule has 0 radical (unpaired) electrons. The molecule has 7 nitrogen and oxygen atoms in total. The predicted octanol–water partition coefficient (Wildman–Crippen LogP) is 2.04. The lowest BCUT2D eigenvalue weighted by atomic mass is 9.85. The van der Waals surface area contributed by atoms with Gasteiger partial charge in [0.15, 0.2) is 0 Å². The molecule has 2 amide bonds. The van der Waals surface area contributed by atoms with Crippen molar-refractivity contribution in [1.82, 2.24) is 14.9 Å². The standard InChI is InChI=1S/C22H18N4O3/c27-20(11-26-12-23-18-7-2-1-4-17(18)22(26)29)24-13-8-9-15-14-5-3-6-16(14)21(28)25-19(15)10-13/h1-2,4,7-10,12,15H,3,5-6,11H2,(H,25,28). The van der Waals surface area contributed by atoms with Crippen molar-refractivity contribution in [2.45, 2.75) is 25.8 Å². The number of aliphatic imine (C=N–C) groups is 1. The first-order valence-electron chi connectivity index (χ1n) is 9.59. The fourth-order valence-corrected chi connectivity index (χ4v) is 4.20. The van der Waals surface area contributed by atoms with Gasteiger partial charge < -0.3 is 5.32 Å². The first kappa shape index (κ1) is 17.5. The lowest BCUT2D eigenvalue weighted by Gasteiger charge is -2.28. The zero-order valence-corrected chi connectivity index (χ0v) is 15.6. The number of nitrogens with one attached hydrogen (secondary N) is 1. The number of hydrogen-bond acceptors (Lipinski definition) is 4. The van der Waals surface area contributed by atoms with Crippen LogP contribution in [0.5, 0.6) is 0 Å². The monoisotopic (exact) mass is 386 g/mol. The van der Waals surface area contributed by atoms with Crippen LogP contribution in [-0.2, 0) is 16.1 Å². The van der Waals surface area contributed by atoms with Crippen LogP contribution >= 0.6 is 0 Å². The van der Waals surface area contributed by atoms with Crippen LogP contribution in [0.1, 0.15) is 19.3 Å². The highest BCUT2D eigenvalue weighted by Crippen LogP contribution is 2.39. The number of nitrogens with zero attached hydrogens (tertiary/aromatic N) is 3. The number of hydrogen-bond donors (Lipinski definition) is 1. The first-order valence-corrected chi connectivity index (χ1v) is 9.59. The topological polar surface area (TPSA) is 93.4 Å². The lowest BCUT2D eigenvalue weighted by Crippen LogP contribution is -2.35. The Balaban J connectivity index is 1.39. The van der Waals surface area contributed by atoms with Crippen molar-refractivity contribution < 1.29 is 9.59 Å². The molecule has 0 saturated carbocycles. The Morgan fingerprint density at radius 2 is 2.10 bits per heavy atom. The van der Waals surface area contributed by atoms with E-state index in [9.17, 15) is 14.4 Å². The molecule has 144 valence electrons. The van der Waals surface area contributed by atoms with Gasteiger partial charge in [-0.1, -0.05) is 18.2 Å². The molecule has 2 aliphatic carbocycles. The maximum Gasteiger partial charge on any atom is 0.266 e. The van der Waals surface area contributed by atoms with Crippen LogP contribution in [-0.4, -0.2) is 27.1 Å². The zero-order valence-electron chi connectivity index (χ0n) is 15.6. The van der Waals surface area contributed by atoms with Crippen LogP contribution in [0.4, 0.5) is 0 Å². The van der Waals surface area contributed by atoms with Gasteiger partial charge in [-0.25, -0.2) is 9.98 Å². The normalized spacial score (nSPS) is 21.8. The lowest BCUT2D eigenvalue weighted by molar-refractivity contribution is -0.118. The Bertz CT molecular complexity index is 1250. The third-order valence-corrected chi connectivity index (χ3v) is 5.56. The van der Waals surface area contributed by atoms with E-state index < -0.39 is 5.91 Å². The molecule has 1 aliphatic heterocycles. The average Bonchev–Trinajstić information content (AvgIpc) is 3.21. The highest BCUT2D eigenvalue weighted by atomic mass is 16.2. The number of fused-ring (bicyclic) bond motifs is 3. The molecule has 1 aromatic heterocycles. The number of amides is 2. The molecule has 1 atom stereocenters. The minimum atomic E-state index is -0.456. The molecule has 29 heavy (non-hydrogen) atoms. The van der Waals surface area contributed by atoms with Gasteiger partial charge in [0.1, 0.15) is 6.54 Å². The van der Waals surface area contributed by atoms with Crippen LogP contribution in [0, 0.1) is 5.92 Å². The number of carbonyl (C=O) groups excluding carboxylic acids is 2. The van der Waals surface area contributed by atoms with Gasteiger partial charge in [-0.05, 0) is 49.1 Å². The van der Waals surface area contributed by atoms with Crippen LogP contribution in [0.3, 0.4) is 0 Å². The smallest absolute Gasteiger partial charge is 0.266 e. The SMILES string of the molecule is O=C(Cn1cnc2ccccc2c1=O)N=C1C=CC2C(=C1)NC(=O)C1=C2CCC1. The summed E-state index contributed by atoms with van der Waals surface area (Å²) in [5.74, 6) is -0.441. The van der Waals surface area contributed by atoms with Crippen molar-refractivity contribution in [2.75, 3.05) is 0 Å². The van der Waals surface area contributed by atoms with E-state index in [0.717, 1.165) is 30.5 Å². The van der Waals surface area contributed by atoms with E-state index in [-0.39, 0.29) is 23.9 Å². The van der Waals surface area contributed by atoms with E-state index >= 15 is 0 Å². The van der Waals surface area contributed by atoms with E-state index in [1.807, 2.05) is 6.08 Å². The van der Waals surface area contributed by atoms with E-state index in [0.29, 0.717) is 16.6 Å². The van der Waals surface area contributed by atoms with Crippen molar-refractivity contribution in [3.8, 4) is 0 Å². The second kappa shape index (κ2) is 6.77. The van der Waals surface area contributed by atoms with Gasteiger partial charge in [-0.3, -0.25) is 19.0 Å². The first-order chi connectivity index (χ1) is 14.1. The summed E-state index contributed by atoms with van der Waals surface area (Å²) in [5, 5.41) is 3.39. The summed E-state index contributed by atoms with van der Waals surface area (Å²) in [6.45, 7) is -0.192. The molecule has 7 heteroatoms. The maximum atomic E-state index is 12.5. The van der Waals surface area contributed by atoms with Crippen molar-refractivity contribution in [3.05, 3.63) is 76.0 Å². The Morgan fingerprint density at radius 1 is 1.24 bits per heavy atom. The predicted molar refractivity (Wildman–Crippen MR) is 108 cm³/mol. The molecule has 1 N–H and O–H groups in total. The fraction of sp³-hybridized carbons (Fsp3) is 0.227. The number of rotatable bonds is 2. The number of allylic oxidation sites excluding steroid dienone is 3. The van der Waals surface area contributed by atoms with Gasteiger partial charge in [0.25, 0.3) is 17.4 Å². The Kier molecular flexibility index (Phi) is 4.08. The highest BCUT2D eigenvalue weighted by molar-refractivity contribution is 6.11. The molecule has 0 saturated heterocycles. The minimum absolute atomic E-state index is 0.0465. The Labute approximate surface area is 166 Å². The van der Waals surface area contributed by atoms with E-state index in [1.54, 1.807) is 36.4 Å². The molecular weight excluding hydrogens is 368 g/mol. The number of para-hydroxylation sites is 1. The summed E-state index contributed by atoms with van der Waals surface area (Å²) in [5.41, 5.74) is 3.61. The minimum Gasteiger partial charge on any atom is -0.325 e. The molecule has 0 spiro atoms. The quantitative estimate of drug-likeness (QED) is 0.855. The molecule has 3 aliphatic rings. The summed E-state index contributed by atoms with van der Waals surface area (Å²) in [4.78, 5) is 45.6. The molecule has 1 unspecified atom stereocenters. The van der Waals surface area contributed by atoms with E-state index in [2.05, 4.69) is 15.3 Å². The van der Waals surface area contributed by atoms with Gasteiger partial charge >= 0.3 is 0 Å². The Morgan fingerprint density at radius 3 is 3.00 bits per heavy atom. The Hall–Kier alpha value is -3.61. The van der Waals surface area contributed by atoms with Gasteiger partial charge in [0.05, 0.1) is 22.9 Å². The third-order valence-electron chi connectivity index (χ3n) is 5.56. The third kappa shape index (κ3) is 3.04. The largest absolute Gasteiger partial charge is 0.325 e. The van der Waals surface area contributed by atoms with Gasteiger partial charge in [-0.15, -0.1) is 0 Å². The molecule has 5 rings (SSSR count). The molecule has 2 heterocycles. The van der Waals surface area contributed by atoms with Gasteiger partial charge in [0, 0.05) is 17.2 Å². The summed E-state index contributed by atoms with van der Waals surface area (Å²) >= 11 is 0. The maximum absolute atomic E-state index is 12.5. The van der Waals surface area contributed by atoms with Crippen LogP contribution in [0.15, 0.2) is 75.5 Å². The second-order valence-corrected chi connectivity index (χ2v) is 7.37. The number of aromatic nitrogens is 2.